The van der Waals surface area contributed by atoms with Crippen molar-refractivity contribution in [2.75, 3.05) is 20.8 Å². The Kier molecular flexibility index (Phi) is 4.59. The van der Waals surface area contributed by atoms with Crippen molar-refractivity contribution in [3.63, 3.8) is 0 Å². The summed E-state index contributed by atoms with van der Waals surface area (Å²) < 4.78 is 10.9. The minimum Gasteiger partial charge on any atom is -0.493 e. The van der Waals surface area contributed by atoms with Gasteiger partial charge in [-0.15, -0.1) is 0 Å². The van der Waals surface area contributed by atoms with Gasteiger partial charge in [0, 0.05) is 18.4 Å². The second-order valence-corrected chi connectivity index (χ2v) is 5.56. The molecule has 0 amide bonds. The van der Waals surface area contributed by atoms with E-state index in [1.807, 2.05) is 18.5 Å². The SMILES string of the molecule is COc1cc2c(cc1OC)C(CCc1cccnc1)NCC2. The highest BCUT2D eigenvalue weighted by atomic mass is 16.5. The van der Waals surface area contributed by atoms with Crippen LogP contribution in [0.25, 0.3) is 0 Å². The largest absolute Gasteiger partial charge is 0.493 e. The van der Waals surface area contributed by atoms with Gasteiger partial charge < -0.3 is 14.8 Å². The molecule has 0 spiro atoms. The summed E-state index contributed by atoms with van der Waals surface area (Å²) in [6, 6.07) is 8.71. The minimum absolute atomic E-state index is 0.351. The number of benzene rings is 1. The molecule has 0 saturated carbocycles. The zero-order valence-electron chi connectivity index (χ0n) is 13.1. The normalized spacial score (nSPS) is 16.9. The van der Waals surface area contributed by atoms with Crippen LogP contribution in [0.3, 0.4) is 0 Å². The van der Waals surface area contributed by atoms with Gasteiger partial charge in [0.2, 0.25) is 0 Å². The van der Waals surface area contributed by atoms with Crippen molar-refractivity contribution in [2.45, 2.75) is 25.3 Å². The van der Waals surface area contributed by atoms with E-state index in [-0.39, 0.29) is 0 Å². The van der Waals surface area contributed by atoms with E-state index in [1.165, 1.54) is 16.7 Å². The zero-order chi connectivity index (χ0) is 15.4. The van der Waals surface area contributed by atoms with E-state index >= 15 is 0 Å². The topological polar surface area (TPSA) is 43.4 Å². The van der Waals surface area contributed by atoms with Crippen LogP contribution in [0.2, 0.25) is 0 Å². The Morgan fingerprint density at radius 3 is 2.77 bits per heavy atom. The third kappa shape index (κ3) is 3.07. The number of hydrogen-bond acceptors (Lipinski definition) is 4. The van der Waals surface area contributed by atoms with Crippen LogP contribution < -0.4 is 14.8 Å². The monoisotopic (exact) mass is 298 g/mol. The zero-order valence-corrected chi connectivity index (χ0v) is 13.1. The van der Waals surface area contributed by atoms with Gasteiger partial charge in [-0.25, -0.2) is 0 Å². The van der Waals surface area contributed by atoms with Crippen molar-refractivity contribution >= 4 is 0 Å². The Bertz CT molecular complexity index is 628. The smallest absolute Gasteiger partial charge is 0.161 e. The number of nitrogens with one attached hydrogen (secondary N) is 1. The molecule has 1 aliphatic heterocycles. The van der Waals surface area contributed by atoms with Gasteiger partial charge in [-0.05, 0) is 60.7 Å². The van der Waals surface area contributed by atoms with E-state index in [0.29, 0.717) is 6.04 Å². The third-order valence-corrected chi connectivity index (χ3v) is 4.25. The first-order valence-corrected chi connectivity index (χ1v) is 7.69. The summed E-state index contributed by atoms with van der Waals surface area (Å²) in [7, 11) is 3.37. The fourth-order valence-electron chi connectivity index (χ4n) is 3.08. The Morgan fingerprint density at radius 1 is 1.23 bits per heavy atom. The molecule has 0 fully saturated rings. The Labute approximate surface area is 131 Å². The van der Waals surface area contributed by atoms with E-state index in [2.05, 4.69) is 28.5 Å². The maximum Gasteiger partial charge on any atom is 0.161 e. The number of fused-ring (bicyclic) bond motifs is 1. The molecule has 22 heavy (non-hydrogen) atoms. The van der Waals surface area contributed by atoms with Crippen LogP contribution in [0.5, 0.6) is 11.5 Å². The number of aryl methyl sites for hydroxylation is 1. The fourth-order valence-corrected chi connectivity index (χ4v) is 3.08. The average Bonchev–Trinajstić information content (AvgIpc) is 2.59. The summed E-state index contributed by atoms with van der Waals surface area (Å²) in [6.07, 6.45) is 6.85. The molecule has 116 valence electrons. The van der Waals surface area contributed by atoms with Crippen molar-refractivity contribution < 1.29 is 9.47 Å². The van der Waals surface area contributed by atoms with E-state index in [9.17, 15) is 0 Å². The molecule has 4 heteroatoms. The first kappa shape index (κ1) is 14.9. The van der Waals surface area contributed by atoms with Crippen LogP contribution in [0, 0.1) is 0 Å². The molecular weight excluding hydrogens is 276 g/mol. The molecule has 0 aliphatic carbocycles. The summed E-state index contributed by atoms with van der Waals surface area (Å²) in [4.78, 5) is 4.19. The maximum absolute atomic E-state index is 5.45. The third-order valence-electron chi connectivity index (χ3n) is 4.25. The summed E-state index contributed by atoms with van der Waals surface area (Å²) >= 11 is 0. The molecule has 0 radical (unpaired) electrons. The van der Waals surface area contributed by atoms with Crippen molar-refractivity contribution in [3.8, 4) is 11.5 Å². The molecule has 2 aromatic rings. The number of aromatic nitrogens is 1. The molecule has 1 unspecified atom stereocenters. The highest BCUT2D eigenvalue weighted by molar-refractivity contribution is 5.49. The number of methoxy groups -OCH3 is 2. The molecule has 1 aromatic heterocycles. The van der Waals surface area contributed by atoms with Gasteiger partial charge in [0.05, 0.1) is 14.2 Å². The van der Waals surface area contributed by atoms with Gasteiger partial charge >= 0.3 is 0 Å². The molecule has 1 aromatic carbocycles. The van der Waals surface area contributed by atoms with E-state index < -0.39 is 0 Å². The predicted molar refractivity (Wildman–Crippen MR) is 86.6 cm³/mol. The molecule has 0 bridgehead atoms. The van der Waals surface area contributed by atoms with Gasteiger partial charge in [0.25, 0.3) is 0 Å². The number of hydrogen-bond donors (Lipinski definition) is 1. The van der Waals surface area contributed by atoms with Crippen molar-refractivity contribution in [1.29, 1.82) is 0 Å². The summed E-state index contributed by atoms with van der Waals surface area (Å²) in [5.74, 6) is 1.62. The fraction of sp³-hybridized carbons (Fsp3) is 0.389. The van der Waals surface area contributed by atoms with Gasteiger partial charge in [-0.1, -0.05) is 6.07 Å². The lowest BCUT2D eigenvalue weighted by Crippen LogP contribution is -2.30. The molecule has 0 saturated heterocycles. The number of rotatable bonds is 5. The Balaban J connectivity index is 1.81. The van der Waals surface area contributed by atoms with E-state index in [4.69, 9.17) is 9.47 Å². The first-order valence-electron chi connectivity index (χ1n) is 7.69. The van der Waals surface area contributed by atoms with Gasteiger partial charge in [0.1, 0.15) is 0 Å². The Hall–Kier alpha value is -2.07. The predicted octanol–water partition coefficient (Wildman–Crippen LogP) is 2.92. The molecule has 3 rings (SSSR count). The molecule has 2 heterocycles. The minimum atomic E-state index is 0.351. The van der Waals surface area contributed by atoms with Gasteiger partial charge in [-0.2, -0.15) is 0 Å². The quantitative estimate of drug-likeness (QED) is 0.922. The highest BCUT2D eigenvalue weighted by Crippen LogP contribution is 2.36. The standard InChI is InChI=1S/C18H22N2O2/c1-21-17-10-14-7-9-20-16(15(14)11-18(17)22-2)6-5-13-4-3-8-19-12-13/h3-4,8,10-12,16,20H,5-7,9H2,1-2H3. The first-order chi connectivity index (χ1) is 10.8. The summed E-state index contributed by atoms with van der Waals surface area (Å²) in [6.45, 7) is 1.00. The van der Waals surface area contributed by atoms with Crippen molar-refractivity contribution in [3.05, 3.63) is 53.3 Å². The Morgan fingerprint density at radius 2 is 2.05 bits per heavy atom. The molecule has 1 aliphatic rings. The van der Waals surface area contributed by atoms with E-state index in [1.54, 1.807) is 14.2 Å². The van der Waals surface area contributed by atoms with Crippen LogP contribution in [0.1, 0.15) is 29.2 Å². The van der Waals surface area contributed by atoms with Crippen LogP contribution in [0.15, 0.2) is 36.7 Å². The second-order valence-electron chi connectivity index (χ2n) is 5.56. The number of nitrogens with zero attached hydrogens (tertiary/aromatic N) is 1. The van der Waals surface area contributed by atoms with Crippen LogP contribution >= 0.6 is 0 Å². The maximum atomic E-state index is 5.45. The second kappa shape index (κ2) is 6.79. The summed E-state index contributed by atoms with van der Waals surface area (Å²) in [5, 5.41) is 3.62. The van der Waals surface area contributed by atoms with Crippen molar-refractivity contribution in [2.24, 2.45) is 0 Å². The molecule has 4 nitrogen and oxygen atoms in total. The lowest BCUT2D eigenvalue weighted by atomic mass is 9.90. The molecule has 1 atom stereocenters. The average molecular weight is 298 g/mol. The molecule has 1 N–H and O–H groups in total. The number of ether oxygens (including phenoxy) is 2. The lowest BCUT2D eigenvalue weighted by Gasteiger charge is -2.28. The number of pyridine rings is 1. The lowest BCUT2D eigenvalue weighted by molar-refractivity contribution is 0.351. The molecular formula is C18H22N2O2. The van der Waals surface area contributed by atoms with Gasteiger partial charge in [0.15, 0.2) is 11.5 Å². The van der Waals surface area contributed by atoms with Gasteiger partial charge in [-0.3, -0.25) is 4.98 Å². The van der Waals surface area contributed by atoms with E-state index in [0.717, 1.165) is 37.3 Å². The summed E-state index contributed by atoms with van der Waals surface area (Å²) in [5.41, 5.74) is 3.96. The highest BCUT2D eigenvalue weighted by Gasteiger charge is 2.22. The van der Waals surface area contributed by atoms with Crippen LogP contribution in [-0.4, -0.2) is 25.7 Å². The van der Waals surface area contributed by atoms with Crippen LogP contribution in [-0.2, 0) is 12.8 Å². The van der Waals surface area contributed by atoms with Crippen LogP contribution in [0.4, 0.5) is 0 Å². The van der Waals surface area contributed by atoms with Crippen molar-refractivity contribution in [1.82, 2.24) is 10.3 Å².